The summed E-state index contributed by atoms with van der Waals surface area (Å²) in [5.74, 6) is -0.757. The van der Waals surface area contributed by atoms with Crippen LogP contribution in [0.5, 0.6) is 0 Å². The molecule has 1 aromatic heterocycles. The van der Waals surface area contributed by atoms with Gasteiger partial charge in [0, 0.05) is 0 Å². The third kappa shape index (κ3) is 2.36. The summed E-state index contributed by atoms with van der Waals surface area (Å²) in [6, 6.07) is 5.12. The quantitative estimate of drug-likeness (QED) is 0.851. The first-order valence-corrected chi connectivity index (χ1v) is 5.11. The molecule has 0 bridgehead atoms. The summed E-state index contributed by atoms with van der Waals surface area (Å²) in [7, 11) is 0. The average Bonchev–Trinajstić information content (AvgIpc) is 2.70. The topological polar surface area (TPSA) is 94.0 Å². The van der Waals surface area contributed by atoms with Crippen LogP contribution in [-0.4, -0.2) is 16.1 Å². The summed E-state index contributed by atoms with van der Waals surface area (Å²) in [4.78, 5) is 11.7. The number of carbonyl (C=O) groups excluding carboxylic acids is 1. The van der Waals surface area contributed by atoms with Crippen molar-refractivity contribution in [3.8, 4) is 0 Å². The summed E-state index contributed by atoms with van der Waals surface area (Å²) in [6.07, 6.45) is 0. The van der Waals surface area contributed by atoms with Crippen molar-refractivity contribution >= 4 is 29.2 Å². The zero-order valence-corrected chi connectivity index (χ0v) is 9.65. The second kappa shape index (κ2) is 4.42. The van der Waals surface area contributed by atoms with E-state index < -0.39 is 5.91 Å². The third-order valence-corrected chi connectivity index (χ3v) is 2.41. The minimum absolute atomic E-state index is 0.161. The highest BCUT2D eigenvalue weighted by Crippen LogP contribution is 2.25. The maximum atomic E-state index is 11.7. The summed E-state index contributed by atoms with van der Waals surface area (Å²) >= 11 is 5.96. The van der Waals surface area contributed by atoms with Crippen LogP contribution >= 0.6 is 11.6 Å². The fourth-order valence-electron chi connectivity index (χ4n) is 1.28. The SMILES string of the molecule is Cc1cccc(Cl)c1NC(=O)c1nnc(N)o1. The molecule has 0 unspecified atom stereocenters. The number of halogens is 1. The Labute approximate surface area is 102 Å². The van der Waals surface area contributed by atoms with Crippen LogP contribution in [0, 0.1) is 6.92 Å². The van der Waals surface area contributed by atoms with Crippen LogP contribution in [0.2, 0.25) is 5.02 Å². The van der Waals surface area contributed by atoms with E-state index >= 15 is 0 Å². The van der Waals surface area contributed by atoms with Crippen LogP contribution in [0.15, 0.2) is 22.6 Å². The van der Waals surface area contributed by atoms with Crippen molar-refractivity contribution in [3.05, 3.63) is 34.7 Å². The van der Waals surface area contributed by atoms with E-state index in [0.29, 0.717) is 10.7 Å². The first kappa shape index (κ1) is 11.4. The molecule has 0 radical (unpaired) electrons. The van der Waals surface area contributed by atoms with Crippen LogP contribution in [0.3, 0.4) is 0 Å². The molecule has 3 N–H and O–H groups in total. The summed E-state index contributed by atoms with van der Waals surface area (Å²) in [5, 5.41) is 9.89. The average molecular weight is 253 g/mol. The molecule has 0 aliphatic heterocycles. The van der Waals surface area contributed by atoms with Crippen molar-refractivity contribution in [1.82, 2.24) is 10.2 Å². The van der Waals surface area contributed by atoms with Crippen molar-refractivity contribution in [1.29, 1.82) is 0 Å². The van der Waals surface area contributed by atoms with Gasteiger partial charge in [0.1, 0.15) is 0 Å². The first-order chi connectivity index (χ1) is 8.08. The molecule has 17 heavy (non-hydrogen) atoms. The van der Waals surface area contributed by atoms with E-state index in [0.717, 1.165) is 5.56 Å². The molecule has 0 spiro atoms. The van der Waals surface area contributed by atoms with Crippen LogP contribution in [0.4, 0.5) is 11.7 Å². The number of nitrogen functional groups attached to an aromatic ring is 1. The summed E-state index contributed by atoms with van der Waals surface area (Å²) < 4.78 is 4.80. The van der Waals surface area contributed by atoms with Gasteiger partial charge < -0.3 is 15.5 Å². The second-order valence-electron chi connectivity index (χ2n) is 3.33. The summed E-state index contributed by atoms with van der Waals surface area (Å²) in [5.41, 5.74) is 6.57. The molecule has 1 amide bonds. The highest BCUT2D eigenvalue weighted by atomic mass is 35.5. The Morgan fingerprint density at radius 1 is 1.47 bits per heavy atom. The number of anilines is 2. The van der Waals surface area contributed by atoms with Crippen molar-refractivity contribution in [2.45, 2.75) is 6.92 Å². The molecule has 2 aromatic rings. The molecule has 7 heteroatoms. The van der Waals surface area contributed by atoms with Gasteiger partial charge in [-0.15, -0.1) is 5.10 Å². The number of aryl methyl sites for hydroxylation is 1. The molecule has 0 fully saturated rings. The maximum absolute atomic E-state index is 11.7. The fraction of sp³-hybridized carbons (Fsp3) is 0.100. The number of rotatable bonds is 2. The first-order valence-electron chi connectivity index (χ1n) is 4.73. The molecule has 0 saturated heterocycles. The standard InChI is InChI=1S/C10H9ClN4O2/c1-5-3-2-4-6(11)7(5)13-8(16)9-14-15-10(12)17-9/h2-4H,1H3,(H2,12,15)(H,13,16). The Bertz CT molecular complexity index is 547. The summed E-state index contributed by atoms with van der Waals surface area (Å²) in [6.45, 7) is 1.82. The number of hydrogen-bond acceptors (Lipinski definition) is 5. The van der Waals surface area contributed by atoms with Gasteiger partial charge >= 0.3 is 17.8 Å². The predicted molar refractivity (Wildman–Crippen MR) is 62.9 cm³/mol. The number of hydrogen-bond donors (Lipinski definition) is 2. The molecular weight excluding hydrogens is 244 g/mol. The van der Waals surface area contributed by atoms with Gasteiger partial charge in [-0.3, -0.25) is 4.79 Å². The molecule has 0 aliphatic rings. The lowest BCUT2D eigenvalue weighted by Crippen LogP contribution is -2.13. The van der Waals surface area contributed by atoms with Gasteiger partial charge in [-0.2, -0.15) is 0 Å². The molecular formula is C10H9ClN4O2. The van der Waals surface area contributed by atoms with E-state index in [9.17, 15) is 4.79 Å². The van der Waals surface area contributed by atoms with Crippen molar-refractivity contribution < 1.29 is 9.21 Å². The number of nitrogens with two attached hydrogens (primary N) is 1. The number of nitrogens with zero attached hydrogens (tertiary/aromatic N) is 2. The van der Waals surface area contributed by atoms with Gasteiger partial charge in [-0.25, -0.2) is 0 Å². The Hall–Kier alpha value is -2.08. The number of amides is 1. The maximum Gasteiger partial charge on any atom is 0.313 e. The van der Waals surface area contributed by atoms with Crippen molar-refractivity contribution in [2.75, 3.05) is 11.1 Å². The molecule has 1 heterocycles. The monoisotopic (exact) mass is 252 g/mol. The van der Waals surface area contributed by atoms with Crippen LogP contribution in [-0.2, 0) is 0 Å². The Balaban J connectivity index is 2.24. The Morgan fingerprint density at radius 3 is 2.82 bits per heavy atom. The van der Waals surface area contributed by atoms with E-state index in [1.807, 2.05) is 13.0 Å². The van der Waals surface area contributed by atoms with E-state index in [-0.39, 0.29) is 11.9 Å². The zero-order valence-electron chi connectivity index (χ0n) is 8.90. The van der Waals surface area contributed by atoms with Crippen molar-refractivity contribution in [2.24, 2.45) is 0 Å². The van der Waals surface area contributed by atoms with Crippen LogP contribution in [0.1, 0.15) is 16.2 Å². The minimum atomic E-state index is -0.551. The number of nitrogens with one attached hydrogen (secondary N) is 1. The molecule has 0 saturated carbocycles. The highest BCUT2D eigenvalue weighted by Gasteiger charge is 2.16. The van der Waals surface area contributed by atoms with Crippen molar-refractivity contribution in [3.63, 3.8) is 0 Å². The fourth-order valence-corrected chi connectivity index (χ4v) is 1.55. The van der Waals surface area contributed by atoms with Gasteiger partial charge in [0.2, 0.25) is 0 Å². The lowest BCUT2D eigenvalue weighted by molar-refractivity contribution is 0.0991. The molecule has 1 aromatic carbocycles. The lowest BCUT2D eigenvalue weighted by Gasteiger charge is -2.07. The highest BCUT2D eigenvalue weighted by molar-refractivity contribution is 6.34. The second-order valence-corrected chi connectivity index (χ2v) is 3.74. The number of para-hydroxylation sites is 1. The molecule has 0 atom stereocenters. The van der Waals surface area contributed by atoms with E-state index in [4.69, 9.17) is 21.8 Å². The van der Waals surface area contributed by atoms with E-state index in [1.54, 1.807) is 12.1 Å². The lowest BCUT2D eigenvalue weighted by atomic mass is 10.2. The number of aromatic nitrogens is 2. The largest absolute Gasteiger partial charge is 0.399 e. The van der Waals surface area contributed by atoms with Gasteiger partial charge in [0.05, 0.1) is 10.7 Å². The minimum Gasteiger partial charge on any atom is -0.399 e. The number of carbonyl (C=O) groups is 1. The molecule has 0 aliphatic carbocycles. The Kier molecular flexibility index (Phi) is 2.97. The van der Waals surface area contributed by atoms with Gasteiger partial charge in [-0.05, 0) is 18.6 Å². The normalized spacial score (nSPS) is 10.2. The molecule has 88 valence electrons. The van der Waals surface area contributed by atoms with E-state index in [2.05, 4.69) is 15.5 Å². The number of benzene rings is 1. The molecule has 6 nitrogen and oxygen atoms in total. The molecule has 2 rings (SSSR count). The van der Waals surface area contributed by atoms with Crippen LogP contribution < -0.4 is 11.1 Å². The van der Waals surface area contributed by atoms with Gasteiger partial charge in [0.25, 0.3) is 0 Å². The predicted octanol–water partition coefficient (Wildman–Crippen LogP) is 1.87. The smallest absolute Gasteiger partial charge is 0.313 e. The van der Waals surface area contributed by atoms with E-state index in [1.165, 1.54) is 0 Å². The van der Waals surface area contributed by atoms with Gasteiger partial charge in [-0.1, -0.05) is 28.8 Å². The van der Waals surface area contributed by atoms with Gasteiger partial charge in [0.15, 0.2) is 0 Å². The van der Waals surface area contributed by atoms with Crippen LogP contribution in [0.25, 0.3) is 0 Å². The Morgan fingerprint density at radius 2 is 2.24 bits per heavy atom. The third-order valence-electron chi connectivity index (χ3n) is 2.10. The zero-order chi connectivity index (χ0) is 12.4.